The summed E-state index contributed by atoms with van der Waals surface area (Å²) in [5.74, 6) is -3.52. The summed E-state index contributed by atoms with van der Waals surface area (Å²) in [7, 11) is 0. The molecule has 7 rings (SSSR count). The zero-order valence-electron chi connectivity index (χ0n) is 29.3. The maximum absolute atomic E-state index is 12.6. The second-order valence-electron chi connectivity index (χ2n) is 13.7. The number of carbonyl (C=O) groups excluding carboxylic acids is 2. The molecule has 0 radical (unpaired) electrons. The van der Waals surface area contributed by atoms with Crippen LogP contribution < -0.4 is 5.32 Å². The molecule has 2 aliphatic rings. The highest BCUT2D eigenvalue weighted by molar-refractivity contribution is 6.35. The largest absolute Gasteiger partial charge is 0.471 e. The topological polar surface area (TPSA) is 137 Å². The van der Waals surface area contributed by atoms with E-state index in [0.29, 0.717) is 44.6 Å². The summed E-state index contributed by atoms with van der Waals surface area (Å²) in [5, 5.41) is 10.2. The minimum absolute atomic E-state index is 0.0170. The lowest BCUT2D eigenvalue weighted by atomic mass is 9.62. The molecule has 1 N–H and O–H groups in total. The highest BCUT2D eigenvalue weighted by atomic mass is 35.5. The maximum Gasteiger partial charge on any atom is 0.471 e. The number of benzene rings is 2. The van der Waals surface area contributed by atoms with Gasteiger partial charge in [-0.15, -0.1) is 10.2 Å². The molecule has 20 heteroatoms. The molecule has 300 valence electrons. The Balaban J connectivity index is 0.000000193. The van der Waals surface area contributed by atoms with Crippen LogP contribution in [0.2, 0.25) is 20.1 Å². The van der Waals surface area contributed by atoms with Crippen molar-refractivity contribution < 1.29 is 40.3 Å². The Hall–Kier alpha value is -4.38. The van der Waals surface area contributed by atoms with Crippen molar-refractivity contribution in [2.45, 2.75) is 74.5 Å². The quantitative estimate of drug-likeness (QED) is 0.107. The second-order valence-corrected chi connectivity index (χ2v) is 15.3. The number of hydrogen-bond donors (Lipinski definition) is 1. The Bertz CT molecular complexity index is 2250. The summed E-state index contributed by atoms with van der Waals surface area (Å²) in [6.07, 6.45) is 2.40. The molecule has 0 spiro atoms. The molecule has 0 saturated heterocycles. The van der Waals surface area contributed by atoms with E-state index >= 15 is 0 Å². The molecule has 1 amide bonds. The minimum Gasteiger partial charge on any atom is -0.413 e. The number of Topliss-reactive ketones (excluding diaryl/α,β-unsaturated/α-hetero) is 1. The smallest absolute Gasteiger partial charge is 0.413 e. The van der Waals surface area contributed by atoms with Crippen LogP contribution in [0.15, 0.2) is 65.6 Å². The van der Waals surface area contributed by atoms with Crippen molar-refractivity contribution in [3.05, 3.63) is 116 Å². The molecule has 3 heterocycles. The number of amides is 1. The molecule has 57 heavy (non-hydrogen) atoms. The highest BCUT2D eigenvalue weighted by Crippen LogP contribution is 2.49. The van der Waals surface area contributed by atoms with Gasteiger partial charge < -0.3 is 9.73 Å². The van der Waals surface area contributed by atoms with E-state index in [1.165, 1.54) is 30.1 Å². The Morgan fingerprint density at radius 1 is 0.702 bits per heavy atom. The third kappa shape index (κ3) is 9.85. The lowest BCUT2D eigenvalue weighted by Gasteiger charge is -2.42. The number of carbonyl (C=O) groups is 2. The van der Waals surface area contributed by atoms with Crippen molar-refractivity contribution in [3.8, 4) is 11.5 Å². The van der Waals surface area contributed by atoms with Crippen LogP contribution in [0.25, 0.3) is 11.5 Å². The third-order valence-corrected chi connectivity index (χ3v) is 11.0. The van der Waals surface area contributed by atoms with Gasteiger partial charge in [0.25, 0.3) is 5.89 Å². The Labute approximate surface area is 340 Å². The number of halogens is 10. The Morgan fingerprint density at radius 3 is 1.56 bits per heavy atom. The highest BCUT2D eigenvalue weighted by Gasteiger charge is 2.43. The molecule has 0 aliphatic heterocycles. The molecule has 2 aromatic carbocycles. The number of aromatic nitrogens is 6. The molecule has 0 atom stereocenters. The summed E-state index contributed by atoms with van der Waals surface area (Å²) in [5.41, 5.74) is 1.82. The first-order valence-corrected chi connectivity index (χ1v) is 18.7. The van der Waals surface area contributed by atoms with Gasteiger partial charge in [0.05, 0.1) is 17.7 Å². The molecule has 5 aromatic rings. The van der Waals surface area contributed by atoms with Gasteiger partial charge >= 0.3 is 24.2 Å². The molecule has 3 aromatic heterocycles. The zero-order chi connectivity index (χ0) is 41.2. The van der Waals surface area contributed by atoms with Gasteiger partial charge in [-0.1, -0.05) is 71.4 Å². The number of alkyl halides is 6. The molecule has 10 nitrogen and oxygen atoms in total. The van der Waals surface area contributed by atoms with Crippen LogP contribution in [0, 0.1) is 0 Å². The van der Waals surface area contributed by atoms with E-state index in [-0.39, 0.29) is 27.8 Å². The van der Waals surface area contributed by atoms with Crippen LogP contribution in [-0.4, -0.2) is 54.5 Å². The van der Waals surface area contributed by atoms with Crippen LogP contribution in [0.4, 0.5) is 26.3 Å². The van der Waals surface area contributed by atoms with Gasteiger partial charge in [-0.05, 0) is 61.1 Å². The van der Waals surface area contributed by atoms with Gasteiger partial charge in [0.2, 0.25) is 0 Å². The Morgan fingerprint density at radius 2 is 1.18 bits per heavy atom. The first-order chi connectivity index (χ1) is 26.9. The van der Waals surface area contributed by atoms with Crippen molar-refractivity contribution in [2.75, 3.05) is 6.54 Å². The maximum atomic E-state index is 12.6. The van der Waals surface area contributed by atoms with E-state index in [1.54, 1.807) is 24.3 Å². The monoisotopic (exact) mass is 873 g/mol. The van der Waals surface area contributed by atoms with Crippen LogP contribution in [-0.2, 0) is 34.6 Å². The number of ketones is 1. The SMILES string of the molecule is FC(F)(F)c1nnc(-c2cnc(CC3(c4ccc(Cl)cc4Cl)CCC3)nc2)o1.O=C(CNC(=O)C(F)(F)F)c1cnc(CC2(c3ccc(Cl)cc3Cl)CCC2)nc1. The fourth-order valence-electron chi connectivity index (χ4n) is 6.70. The molecular formula is C37H29Cl4F6N7O3. The fourth-order valence-corrected chi connectivity index (χ4v) is 7.92. The van der Waals surface area contributed by atoms with Gasteiger partial charge in [-0.2, -0.15) is 26.3 Å². The van der Waals surface area contributed by atoms with Crippen LogP contribution in [0.3, 0.4) is 0 Å². The van der Waals surface area contributed by atoms with Crippen molar-refractivity contribution in [1.29, 1.82) is 0 Å². The normalized spacial score (nSPS) is 15.8. The average molecular weight is 875 g/mol. The van der Waals surface area contributed by atoms with Gasteiger partial charge in [0, 0.05) is 68.5 Å². The van der Waals surface area contributed by atoms with Gasteiger partial charge in [0.1, 0.15) is 11.6 Å². The molecule has 2 aliphatic carbocycles. The van der Waals surface area contributed by atoms with E-state index in [1.807, 2.05) is 12.1 Å². The van der Waals surface area contributed by atoms with E-state index < -0.39 is 36.5 Å². The minimum atomic E-state index is -5.04. The van der Waals surface area contributed by atoms with Crippen molar-refractivity contribution in [2.24, 2.45) is 0 Å². The molecule has 0 unspecified atom stereocenters. The number of nitrogens with zero attached hydrogens (tertiary/aromatic N) is 6. The van der Waals surface area contributed by atoms with Crippen molar-refractivity contribution in [1.82, 2.24) is 35.5 Å². The summed E-state index contributed by atoms with van der Waals surface area (Å²) in [6, 6.07) is 10.8. The van der Waals surface area contributed by atoms with E-state index in [2.05, 4.69) is 34.6 Å². The van der Waals surface area contributed by atoms with Crippen molar-refractivity contribution >= 4 is 58.1 Å². The van der Waals surface area contributed by atoms with E-state index in [4.69, 9.17) is 46.4 Å². The summed E-state index contributed by atoms with van der Waals surface area (Å²) >= 11 is 24.7. The van der Waals surface area contributed by atoms with Gasteiger partial charge in [-0.3, -0.25) is 9.59 Å². The number of rotatable bonds is 10. The van der Waals surface area contributed by atoms with Crippen LogP contribution in [0.1, 0.15) is 77.5 Å². The summed E-state index contributed by atoms with van der Waals surface area (Å²) in [4.78, 5) is 39.7. The zero-order valence-corrected chi connectivity index (χ0v) is 32.3. The van der Waals surface area contributed by atoms with E-state index in [9.17, 15) is 35.9 Å². The fraction of sp³-hybridized carbons (Fsp3) is 0.351. The second kappa shape index (κ2) is 16.8. The average Bonchev–Trinajstić information content (AvgIpc) is 3.63. The summed E-state index contributed by atoms with van der Waals surface area (Å²) < 4.78 is 78.9. The molecule has 2 saturated carbocycles. The third-order valence-electron chi connectivity index (χ3n) is 9.93. The Kier molecular flexibility index (Phi) is 12.5. The summed E-state index contributed by atoms with van der Waals surface area (Å²) in [6.45, 7) is -0.786. The molecular weight excluding hydrogens is 846 g/mol. The lowest BCUT2D eigenvalue weighted by Crippen LogP contribution is -2.39. The molecule has 2 fully saturated rings. The van der Waals surface area contributed by atoms with E-state index in [0.717, 1.165) is 49.7 Å². The van der Waals surface area contributed by atoms with Crippen LogP contribution >= 0.6 is 46.4 Å². The molecule has 0 bridgehead atoms. The van der Waals surface area contributed by atoms with Gasteiger partial charge in [0.15, 0.2) is 5.78 Å². The van der Waals surface area contributed by atoms with Crippen LogP contribution in [0.5, 0.6) is 0 Å². The first-order valence-electron chi connectivity index (χ1n) is 17.2. The lowest BCUT2D eigenvalue weighted by molar-refractivity contribution is -0.173. The predicted molar refractivity (Wildman–Crippen MR) is 197 cm³/mol. The predicted octanol–water partition coefficient (Wildman–Crippen LogP) is 9.83. The first kappa shape index (κ1) is 42.2. The number of nitrogens with one attached hydrogen (secondary N) is 1. The number of hydrogen-bond acceptors (Lipinski definition) is 9. The standard InChI is InChI=1S/C19H16Cl2F3N3O2.C18H13Cl2F3N4O/c20-12-2-3-13(14(21)6-12)18(4-1-5-18)7-16-25-8-11(9-26-16)15(28)10-27-17(29)19(22,23)24;19-11-2-3-12(13(20)6-11)17(4-1-5-17)7-14-24-8-10(9-25-14)15-26-27-16(28-15)18(21,22)23/h2-3,6,8-9H,1,4-5,7,10H2,(H,27,29);2-3,6,8-9H,1,4-5,7H2. The van der Waals surface area contributed by atoms with Crippen molar-refractivity contribution in [3.63, 3.8) is 0 Å². The van der Waals surface area contributed by atoms with Gasteiger partial charge in [-0.25, -0.2) is 19.9 Å².